The second-order valence-corrected chi connectivity index (χ2v) is 5.07. The Morgan fingerprint density at radius 2 is 2.14 bits per heavy atom. The minimum atomic E-state index is -0.385. The fraction of sp³-hybridized carbons (Fsp3) is 0.727. The van der Waals surface area contributed by atoms with Gasteiger partial charge in [0.2, 0.25) is 0 Å². The average Bonchev–Trinajstić information content (AvgIpc) is 2.59. The highest BCUT2D eigenvalue weighted by Crippen LogP contribution is 2.30. The Morgan fingerprint density at radius 1 is 1.43 bits per heavy atom. The maximum Gasteiger partial charge on any atom is 0.324 e. The maximum atomic E-state index is 11.7. The summed E-state index contributed by atoms with van der Waals surface area (Å²) in [6.07, 6.45) is 5.30. The van der Waals surface area contributed by atoms with Crippen LogP contribution in [-0.2, 0) is 9.53 Å². The van der Waals surface area contributed by atoms with Crippen molar-refractivity contribution in [1.29, 1.82) is 0 Å². The molecule has 14 heavy (non-hydrogen) atoms. The highest BCUT2D eigenvalue weighted by Gasteiger charge is 2.41. The number of fused-ring (bicyclic) bond motifs is 2. The first-order valence-electron chi connectivity index (χ1n) is 5.13. The summed E-state index contributed by atoms with van der Waals surface area (Å²) >= 11 is 0. The van der Waals surface area contributed by atoms with Crippen LogP contribution in [0.4, 0.5) is 0 Å². The van der Waals surface area contributed by atoms with Gasteiger partial charge in [-0.25, -0.2) is 0 Å². The first-order valence-corrected chi connectivity index (χ1v) is 5.13. The SMILES string of the molecule is CC(C)(C)OC(=O)[C@H]1N[C@H]2C=C[C@@H]1C2. The number of carbonyl (C=O) groups is 1. The molecule has 78 valence electrons. The third kappa shape index (κ3) is 1.82. The Labute approximate surface area is 84.5 Å². The van der Waals surface area contributed by atoms with Crippen molar-refractivity contribution in [1.82, 2.24) is 5.32 Å². The lowest BCUT2D eigenvalue weighted by Crippen LogP contribution is -2.43. The van der Waals surface area contributed by atoms with E-state index in [0.717, 1.165) is 6.42 Å². The van der Waals surface area contributed by atoms with Crippen molar-refractivity contribution in [3.8, 4) is 0 Å². The molecule has 2 bridgehead atoms. The van der Waals surface area contributed by atoms with Gasteiger partial charge in [0, 0.05) is 12.0 Å². The van der Waals surface area contributed by atoms with Gasteiger partial charge in [0.05, 0.1) is 0 Å². The number of carbonyl (C=O) groups excluding carboxylic acids is 1. The molecule has 2 rings (SSSR count). The number of hydrogen-bond donors (Lipinski definition) is 1. The van der Waals surface area contributed by atoms with Gasteiger partial charge in [0.1, 0.15) is 11.6 Å². The molecule has 1 saturated heterocycles. The van der Waals surface area contributed by atoms with E-state index in [2.05, 4.69) is 17.5 Å². The number of hydrogen-bond acceptors (Lipinski definition) is 3. The van der Waals surface area contributed by atoms with E-state index in [0.29, 0.717) is 12.0 Å². The quantitative estimate of drug-likeness (QED) is 0.505. The Bertz CT molecular complexity index is 278. The molecule has 0 aromatic rings. The molecular weight excluding hydrogens is 178 g/mol. The Hall–Kier alpha value is -0.830. The van der Waals surface area contributed by atoms with Crippen molar-refractivity contribution in [3.63, 3.8) is 0 Å². The molecular formula is C11H17NO2. The lowest BCUT2D eigenvalue weighted by atomic mass is 10.0. The largest absolute Gasteiger partial charge is 0.459 e. The van der Waals surface area contributed by atoms with Crippen molar-refractivity contribution < 1.29 is 9.53 Å². The molecule has 1 fully saturated rings. The Balaban J connectivity index is 1.97. The minimum Gasteiger partial charge on any atom is -0.459 e. The van der Waals surface area contributed by atoms with Crippen LogP contribution < -0.4 is 5.32 Å². The smallest absolute Gasteiger partial charge is 0.324 e. The van der Waals surface area contributed by atoms with E-state index in [1.807, 2.05) is 20.8 Å². The van der Waals surface area contributed by atoms with Crippen LogP contribution in [0.25, 0.3) is 0 Å². The van der Waals surface area contributed by atoms with Gasteiger partial charge in [-0.05, 0) is 27.2 Å². The summed E-state index contributed by atoms with van der Waals surface area (Å²) in [7, 11) is 0. The summed E-state index contributed by atoms with van der Waals surface area (Å²) in [6, 6.07) is 0.266. The van der Waals surface area contributed by atoms with E-state index in [9.17, 15) is 4.79 Å². The van der Waals surface area contributed by atoms with Gasteiger partial charge in [-0.15, -0.1) is 0 Å². The molecule has 1 aliphatic carbocycles. The zero-order chi connectivity index (χ0) is 10.3. The minimum absolute atomic E-state index is 0.116. The molecule has 3 nitrogen and oxygen atoms in total. The summed E-state index contributed by atoms with van der Waals surface area (Å²) in [4.78, 5) is 11.7. The van der Waals surface area contributed by atoms with Crippen LogP contribution in [0.1, 0.15) is 27.2 Å². The van der Waals surface area contributed by atoms with Crippen LogP contribution in [0.5, 0.6) is 0 Å². The van der Waals surface area contributed by atoms with Crippen LogP contribution in [0.15, 0.2) is 12.2 Å². The topological polar surface area (TPSA) is 38.3 Å². The van der Waals surface area contributed by atoms with E-state index in [1.165, 1.54) is 0 Å². The van der Waals surface area contributed by atoms with E-state index in [1.54, 1.807) is 0 Å². The first kappa shape index (κ1) is 9.71. The van der Waals surface area contributed by atoms with E-state index >= 15 is 0 Å². The molecule has 3 heteroatoms. The van der Waals surface area contributed by atoms with Crippen LogP contribution in [0.2, 0.25) is 0 Å². The molecule has 0 amide bonds. The number of rotatable bonds is 1. The zero-order valence-electron chi connectivity index (χ0n) is 8.91. The predicted octanol–water partition coefficient (Wildman–Crippen LogP) is 1.24. The summed E-state index contributed by atoms with van der Waals surface area (Å²) in [6.45, 7) is 5.69. The summed E-state index contributed by atoms with van der Waals surface area (Å²) in [5, 5.41) is 3.25. The van der Waals surface area contributed by atoms with Crippen LogP contribution in [0.3, 0.4) is 0 Å². The third-order valence-corrected chi connectivity index (χ3v) is 2.60. The summed E-state index contributed by atoms with van der Waals surface area (Å²) < 4.78 is 5.34. The van der Waals surface area contributed by atoms with Gasteiger partial charge in [0.25, 0.3) is 0 Å². The predicted molar refractivity (Wildman–Crippen MR) is 53.8 cm³/mol. The third-order valence-electron chi connectivity index (χ3n) is 2.60. The molecule has 1 N–H and O–H groups in total. The van der Waals surface area contributed by atoms with E-state index in [4.69, 9.17) is 4.74 Å². The molecule has 0 aromatic carbocycles. The van der Waals surface area contributed by atoms with Crippen molar-refractivity contribution in [2.75, 3.05) is 0 Å². The van der Waals surface area contributed by atoms with Gasteiger partial charge in [-0.2, -0.15) is 0 Å². The standard InChI is InChI=1S/C11H17NO2/c1-11(2,3)14-10(13)9-7-4-5-8(6-7)12-9/h4-5,7-9,12H,6H2,1-3H3/t7-,8+,9+/m1/s1. The number of ether oxygens (including phenoxy) is 1. The lowest BCUT2D eigenvalue weighted by Gasteiger charge is -2.25. The summed E-state index contributed by atoms with van der Waals surface area (Å²) in [5.74, 6) is 0.226. The molecule has 3 atom stereocenters. The van der Waals surface area contributed by atoms with E-state index in [-0.39, 0.29) is 17.6 Å². The average molecular weight is 195 g/mol. The number of esters is 1. The molecule has 2 aliphatic rings. The van der Waals surface area contributed by atoms with Crippen molar-refractivity contribution in [2.24, 2.45) is 5.92 Å². The first-order chi connectivity index (χ1) is 6.46. The Kier molecular flexibility index (Phi) is 2.14. The fourth-order valence-electron chi connectivity index (χ4n) is 2.06. The van der Waals surface area contributed by atoms with Gasteiger partial charge in [0.15, 0.2) is 0 Å². The molecule has 0 saturated carbocycles. The second-order valence-electron chi connectivity index (χ2n) is 5.07. The normalized spacial score (nSPS) is 34.9. The Morgan fingerprint density at radius 3 is 2.57 bits per heavy atom. The second kappa shape index (κ2) is 3.09. The van der Waals surface area contributed by atoms with Crippen molar-refractivity contribution in [2.45, 2.75) is 44.9 Å². The lowest BCUT2D eigenvalue weighted by molar-refractivity contribution is -0.157. The van der Waals surface area contributed by atoms with Crippen LogP contribution in [-0.4, -0.2) is 23.7 Å². The van der Waals surface area contributed by atoms with Gasteiger partial charge in [-0.1, -0.05) is 12.2 Å². The van der Waals surface area contributed by atoms with Crippen molar-refractivity contribution in [3.05, 3.63) is 12.2 Å². The van der Waals surface area contributed by atoms with Gasteiger partial charge in [-0.3, -0.25) is 10.1 Å². The molecule has 0 aromatic heterocycles. The number of nitrogens with one attached hydrogen (secondary N) is 1. The molecule has 0 unspecified atom stereocenters. The maximum absolute atomic E-state index is 11.7. The van der Waals surface area contributed by atoms with Gasteiger partial charge < -0.3 is 4.74 Å². The van der Waals surface area contributed by atoms with Crippen LogP contribution >= 0.6 is 0 Å². The molecule has 0 radical (unpaired) electrons. The van der Waals surface area contributed by atoms with Gasteiger partial charge >= 0.3 is 5.97 Å². The van der Waals surface area contributed by atoms with Crippen LogP contribution in [0, 0.1) is 5.92 Å². The summed E-state index contributed by atoms with van der Waals surface area (Å²) in [5.41, 5.74) is -0.385. The molecule has 1 heterocycles. The molecule has 0 spiro atoms. The highest BCUT2D eigenvalue weighted by atomic mass is 16.6. The fourth-order valence-corrected chi connectivity index (χ4v) is 2.06. The monoisotopic (exact) mass is 195 g/mol. The van der Waals surface area contributed by atoms with E-state index < -0.39 is 0 Å². The highest BCUT2D eigenvalue weighted by molar-refractivity contribution is 5.78. The molecule has 1 aliphatic heterocycles. The van der Waals surface area contributed by atoms with Crippen molar-refractivity contribution >= 4 is 5.97 Å². The zero-order valence-corrected chi connectivity index (χ0v) is 8.91.